The highest BCUT2D eigenvalue weighted by molar-refractivity contribution is 6.74. The molecule has 1 N–H and O–H groups in total. The molecular weight excluding hydrogens is 402 g/mol. The SMILES string of the molecule is CC(=O)Nc1cc2c(cc1O[Si](C)(C)C(C)(C)C)CC[C@@H]1[C@@H]2CC[C@]2(C)C(=O)CC[C@@H]12. The number of fused-ring (bicyclic) bond motifs is 5. The fourth-order valence-electron chi connectivity index (χ4n) is 6.17. The van der Waals surface area contributed by atoms with E-state index >= 15 is 0 Å². The van der Waals surface area contributed by atoms with Gasteiger partial charge in [-0.15, -0.1) is 0 Å². The zero-order valence-electron chi connectivity index (χ0n) is 20.4. The average Bonchev–Trinajstić information content (AvgIpc) is 2.95. The Morgan fingerprint density at radius 3 is 2.52 bits per heavy atom. The number of aryl methyl sites for hydroxylation is 1. The molecular formula is C26H39NO3Si. The Kier molecular flexibility index (Phi) is 5.43. The lowest BCUT2D eigenvalue weighted by Gasteiger charge is -2.48. The number of benzene rings is 1. The first-order valence-corrected chi connectivity index (χ1v) is 14.9. The summed E-state index contributed by atoms with van der Waals surface area (Å²) in [6.45, 7) is 15.0. The first-order valence-electron chi connectivity index (χ1n) is 12.0. The largest absolute Gasteiger partial charge is 0.542 e. The molecule has 1 amide bonds. The van der Waals surface area contributed by atoms with Crippen molar-refractivity contribution in [3.05, 3.63) is 23.3 Å². The molecule has 0 spiro atoms. The van der Waals surface area contributed by atoms with Crippen molar-refractivity contribution in [2.45, 2.75) is 97.2 Å². The summed E-state index contributed by atoms with van der Waals surface area (Å²) >= 11 is 0. The van der Waals surface area contributed by atoms with Crippen LogP contribution in [-0.4, -0.2) is 20.0 Å². The molecule has 0 radical (unpaired) electrons. The second-order valence-electron chi connectivity index (χ2n) is 11.9. The maximum absolute atomic E-state index is 12.6. The predicted molar refractivity (Wildman–Crippen MR) is 128 cm³/mol. The van der Waals surface area contributed by atoms with Crippen LogP contribution in [0.5, 0.6) is 5.75 Å². The number of anilines is 1. The lowest BCUT2D eigenvalue weighted by Crippen LogP contribution is -2.44. The second kappa shape index (κ2) is 7.46. The van der Waals surface area contributed by atoms with Gasteiger partial charge in [0, 0.05) is 18.8 Å². The van der Waals surface area contributed by atoms with Gasteiger partial charge in [-0.2, -0.15) is 0 Å². The van der Waals surface area contributed by atoms with Crippen molar-refractivity contribution in [2.75, 3.05) is 5.32 Å². The smallest absolute Gasteiger partial charge is 0.250 e. The van der Waals surface area contributed by atoms with E-state index in [1.807, 2.05) is 0 Å². The number of nitrogens with one attached hydrogen (secondary N) is 1. The Bertz CT molecular complexity index is 916. The van der Waals surface area contributed by atoms with Gasteiger partial charge >= 0.3 is 0 Å². The van der Waals surface area contributed by atoms with Crippen LogP contribution in [0.3, 0.4) is 0 Å². The summed E-state index contributed by atoms with van der Waals surface area (Å²) in [4.78, 5) is 24.6. The van der Waals surface area contributed by atoms with Crippen LogP contribution in [0.1, 0.15) is 83.8 Å². The fraction of sp³-hybridized carbons (Fsp3) is 0.692. The highest BCUT2D eigenvalue weighted by atomic mass is 28.4. The molecule has 4 rings (SSSR count). The summed E-state index contributed by atoms with van der Waals surface area (Å²) in [7, 11) is -2.03. The van der Waals surface area contributed by atoms with E-state index in [0.717, 1.165) is 50.0 Å². The summed E-state index contributed by atoms with van der Waals surface area (Å²) in [5.74, 6) is 2.83. The molecule has 0 heterocycles. The molecule has 0 aliphatic heterocycles. The van der Waals surface area contributed by atoms with Crippen molar-refractivity contribution in [2.24, 2.45) is 17.3 Å². The zero-order chi connectivity index (χ0) is 22.8. The van der Waals surface area contributed by atoms with Gasteiger partial charge in [0.1, 0.15) is 11.5 Å². The topological polar surface area (TPSA) is 55.4 Å². The Morgan fingerprint density at radius 2 is 1.87 bits per heavy atom. The van der Waals surface area contributed by atoms with Crippen LogP contribution in [0.2, 0.25) is 18.1 Å². The summed E-state index contributed by atoms with van der Waals surface area (Å²) in [6, 6.07) is 4.42. The Hall–Kier alpha value is -1.62. The van der Waals surface area contributed by atoms with Gasteiger partial charge in [-0.25, -0.2) is 0 Å². The van der Waals surface area contributed by atoms with Crippen molar-refractivity contribution in [3.63, 3.8) is 0 Å². The Balaban J connectivity index is 1.72. The number of carbonyl (C=O) groups excluding carboxylic acids is 2. The Morgan fingerprint density at radius 1 is 1.16 bits per heavy atom. The minimum absolute atomic E-state index is 0.0648. The number of ketones is 1. The van der Waals surface area contributed by atoms with Crippen LogP contribution >= 0.6 is 0 Å². The van der Waals surface area contributed by atoms with Gasteiger partial charge in [0.25, 0.3) is 8.32 Å². The molecule has 0 unspecified atom stereocenters. The van der Waals surface area contributed by atoms with Gasteiger partial charge in [-0.05, 0) is 91.2 Å². The van der Waals surface area contributed by atoms with E-state index in [-0.39, 0.29) is 16.4 Å². The number of Topliss-reactive ketones (excluding diaryl/α,β-unsaturated/α-hetero) is 1. The van der Waals surface area contributed by atoms with Crippen LogP contribution in [0, 0.1) is 17.3 Å². The molecule has 0 saturated heterocycles. The van der Waals surface area contributed by atoms with E-state index in [9.17, 15) is 9.59 Å². The highest BCUT2D eigenvalue weighted by Crippen LogP contribution is 2.60. The van der Waals surface area contributed by atoms with Gasteiger partial charge < -0.3 is 9.74 Å². The third-order valence-corrected chi connectivity index (χ3v) is 13.4. The number of carbonyl (C=O) groups is 2. The van der Waals surface area contributed by atoms with Crippen LogP contribution in [-0.2, 0) is 16.0 Å². The van der Waals surface area contributed by atoms with Crippen molar-refractivity contribution in [1.29, 1.82) is 0 Å². The molecule has 31 heavy (non-hydrogen) atoms. The van der Waals surface area contributed by atoms with Gasteiger partial charge in [-0.3, -0.25) is 9.59 Å². The summed E-state index contributed by atoms with van der Waals surface area (Å²) in [5.41, 5.74) is 3.46. The maximum Gasteiger partial charge on any atom is 0.250 e. The molecule has 0 bridgehead atoms. The van der Waals surface area contributed by atoms with Crippen LogP contribution < -0.4 is 9.74 Å². The number of hydrogen-bond donors (Lipinski definition) is 1. The molecule has 1 aromatic rings. The minimum atomic E-state index is -2.03. The summed E-state index contributed by atoms with van der Waals surface area (Å²) < 4.78 is 6.68. The molecule has 3 aliphatic rings. The van der Waals surface area contributed by atoms with E-state index in [2.05, 4.69) is 58.2 Å². The van der Waals surface area contributed by atoms with E-state index in [4.69, 9.17) is 4.43 Å². The maximum atomic E-state index is 12.6. The van der Waals surface area contributed by atoms with Crippen molar-refractivity contribution in [1.82, 2.24) is 0 Å². The number of hydrogen-bond acceptors (Lipinski definition) is 3. The van der Waals surface area contributed by atoms with E-state index in [0.29, 0.717) is 23.5 Å². The monoisotopic (exact) mass is 441 g/mol. The summed E-state index contributed by atoms with van der Waals surface area (Å²) in [5, 5.41) is 3.15. The summed E-state index contributed by atoms with van der Waals surface area (Å²) in [6.07, 6.45) is 6.06. The van der Waals surface area contributed by atoms with Crippen molar-refractivity contribution >= 4 is 25.7 Å². The van der Waals surface area contributed by atoms with Crippen LogP contribution in [0.4, 0.5) is 5.69 Å². The lowest BCUT2D eigenvalue weighted by atomic mass is 9.55. The van der Waals surface area contributed by atoms with Crippen molar-refractivity contribution < 1.29 is 14.0 Å². The second-order valence-corrected chi connectivity index (χ2v) is 16.6. The normalized spacial score (nSPS) is 30.3. The lowest BCUT2D eigenvalue weighted by molar-refractivity contribution is -0.129. The molecule has 1 aromatic carbocycles. The third-order valence-electron chi connectivity index (χ3n) is 9.02. The van der Waals surface area contributed by atoms with Crippen LogP contribution in [0.25, 0.3) is 0 Å². The molecule has 3 aliphatic carbocycles. The van der Waals surface area contributed by atoms with Gasteiger partial charge in [0.15, 0.2) is 0 Å². The quantitative estimate of drug-likeness (QED) is 0.548. The molecule has 4 atom stereocenters. The van der Waals surface area contributed by atoms with Gasteiger partial charge in [0.05, 0.1) is 5.69 Å². The zero-order valence-corrected chi connectivity index (χ0v) is 21.4. The van der Waals surface area contributed by atoms with E-state index in [1.165, 1.54) is 11.1 Å². The minimum Gasteiger partial charge on any atom is -0.542 e. The molecule has 0 aromatic heterocycles. The average molecular weight is 442 g/mol. The third kappa shape index (κ3) is 3.77. The molecule has 5 heteroatoms. The standard InChI is InChI=1S/C26H39NO3Si/c1-16(28)27-22-15-20-17(14-23(22)30-31(6,7)25(2,3)4)8-9-19-18(20)12-13-26(5)21(19)10-11-24(26)29/h14-15,18-19,21H,8-13H2,1-7H3,(H,27,28)/t18-,19+,21-,26-/m0/s1. The van der Waals surface area contributed by atoms with E-state index in [1.54, 1.807) is 6.92 Å². The number of amides is 1. The molecule has 2 saturated carbocycles. The van der Waals surface area contributed by atoms with E-state index < -0.39 is 8.32 Å². The van der Waals surface area contributed by atoms with Gasteiger partial charge in [0.2, 0.25) is 5.91 Å². The first kappa shape index (κ1) is 22.6. The number of rotatable bonds is 3. The first-order chi connectivity index (χ1) is 14.3. The molecule has 170 valence electrons. The molecule has 2 fully saturated rings. The Labute approximate surface area is 188 Å². The fourth-order valence-corrected chi connectivity index (χ4v) is 7.19. The molecule has 4 nitrogen and oxygen atoms in total. The predicted octanol–water partition coefficient (Wildman–Crippen LogP) is 6.45. The van der Waals surface area contributed by atoms with Gasteiger partial charge in [-0.1, -0.05) is 27.7 Å². The van der Waals surface area contributed by atoms with Crippen molar-refractivity contribution in [3.8, 4) is 5.75 Å². The highest BCUT2D eigenvalue weighted by Gasteiger charge is 2.54. The van der Waals surface area contributed by atoms with Crippen LogP contribution in [0.15, 0.2) is 12.1 Å².